The van der Waals surface area contributed by atoms with Crippen LogP contribution in [0.1, 0.15) is 52.0 Å². The highest BCUT2D eigenvalue weighted by Crippen LogP contribution is 2.26. The number of benzene rings is 1. The number of carbonyl (C=O) groups excluding carboxylic acids is 1. The zero-order valence-electron chi connectivity index (χ0n) is 15.9. The fraction of sp³-hybridized carbons (Fsp3) is 0.632. The predicted octanol–water partition coefficient (Wildman–Crippen LogP) is 3.78. The Kier molecular flexibility index (Phi) is 6.69. The van der Waals surface area contributed by atoms with Gasteiger partial charge in [0.15, 0.2) is 0 Å². The average molecular weight is 384 g/mol. The zero-order chi connectivity index (χ0) is 19.4. The number of ether oxygens (including phenoxy) is 1. The highest BCUT2D eigenvalue weighted by Gasteiger charge is 2.26. The van der Waals surface area contributed by atoms with Crippen molar-refractivity contribution in [3.05, 3.63) is 29.8 Å². The van der Waals surface area contributed by atoms with Crippen molar-refractivity contribution in [3.63, 3.8) is 0 Å². The van der Waals surface area contributed by atoms with Gasteiger partial charge in [-0.3, -0.25) is 4.18 Å². The summed E-state index contributed by atoms with van der Waals surface area (Å²) in [5, 5.41) is 2.88. The Labute approximate surface area is 156 Å². The van der Waals surface area contributed by atoms with Crippen molar-refractivity contribution in [1.29, 1.82) is 0 Å². The number of carbonyl (C=O) groups is 1. The molecule has 1 amide bonds. The first kappa shape index (κ1) is 20.7. The molecule has 0 unspecified atom stereocenters. The lowest BCUT2D eigenvalue weighted by Gasteiger charge is -2.29. The molecule has 0 heterocycles. The molecule has 0 bridgehead atoms. The number of amides is 1. The van der Waals surface area contributed by atoms with E-state index in [1.807, 2.05) is 27.7 Å². The molecule has 0 radical (unpaired) electrons. The minimum Gasteiger partial charge on any atom is -0.444 e. The fourth-order valence-corrected chi connectivity index (χ4v) is 3.88. The molecule has 1 N–H and O–H groups in total. The molecule has 1 aliphatic rings. The molecule has 1 saturated carbocycles. The Morgan fingerprint density at radius 3 is 2.23 bits per heavy atom. The van der Waals surface area contributed by atoms with E-state index in [0.717, 1.165) is 31.2 Å². The molecule has 146 valence electrons. The Morgan fingerprint density at radius 1 is 1.12 bits per heavy atom. The van der Waals surface area contributed by atoms with Crippen LogP contribution in [0.3, 0.4) is 0 Å². The number of aryl methyl sites for hydroxylation is 1. The normalized spacial score (nSPS) is 21.2. The van der Waals surface area contributed by atoms with Gasteiger partial charge in [-0.15, -0.1) is 0 Å². The highest BCUT2D eigenvalue weighted by molar-refractivity contribution is 7.86. The van der Waals surface area contributed by atoms with Crippen LogP contribution < -0.4 is 5.32 Å². The molecular formula is C19H29NO5S. The molecule has 6 nitrogen and oxygen atoms in total. The zero-order valence-corrected chi connectivity index (χ0v) is 16.8. The maximum absolute atomic E-state index is 12.2. The molecular weight excluding hydrogens is 354 g/mol. The summed E-state index contributed by atoms with van der Waals surface area (Å²) in [6.45, 7) is 7.57. The van der Waals surface area contributed by atoms with Gasteiger partial charge in [-0.05, 0) is 71.4 Å². The lowest BCUT2D eigenvalue weighted by atomic mass is 9.87. The van der Waals surface area contributed by atoms with Crippen molar-refractivity contribution < 1.29 is 22.1 Å². The number of alkyl carbamates (subject to hydrolysis) is 1. The Hall–Kier alpha value is -1.60. The monoisotopic (exact) mass is 383 g/mol. The van der Waals surface area contributed by atoms with Crippen molar-refractivity contribution in [1.82, 2.24) is 5.32 Å². The second kappa shape index (κ2) is 8.39. The van der Waals surface area contributed by atoms with Gasteiger partial charge in [-0.1, -0.05) is 17.7 Å². The minimum atomic E-state index is -3.72. The summed E-state index contributed by atoms with van der Waals surface area (Å²) >= 11 is 0. The van der Waals surface area contributed by atoms with Crippen LogP contribution in [0.5, 0.6) is 0 Å². The molecule has 2 rings (SSSR count). The lowest BCUT2D eigenvalue weighted by molar-refractivity contribution is 0.0484. The van der Waals surface area contributed by atoms with Crippen molar-refractivity contribution in [2.45, 2.75) is 69.9 Å². The fourth-order valence-electron chi connectivity index (χ4n) is 2.91. The van der Waals surface area contributed by atoms with Crippen LogP contribution in [-0.2, 0) is 19.0 Å². The van der Waals surface area contributed by atoms with E-state index in [1.165, 1.54) is 0 Å². The SMILES string of the molecule is Cc1ccc(S(=O)(=O)OC[C@H]2CC[C@@H](NC(=O)OC(C)(C)C)CC2)cc1. The average Bonchev–Trinajstić information content (AvgIpc) is 2.53. The van der Waals surface area contributed by atoms with E-state index in [-0.39, 0.29) is 23.5 Å². The van der Waals surface area contributed by atoms with Crippen LogP contribution in [0.15, 0.2) is 29.2 Å². The maximum Gasteiger partial charge on any atom is 0.407 e. The van der Waals surface area contributed by atoms with Gasteiger partial charge in [0.25, 0.3) is 10.1 Å². The van der Waals surface area contributed by atoms with E-state index < -0.39 is 21.8 Å². The number of hydrogen-bond acceptors (Lipinski definition) is 5. The van der Waals surface area contributed by atoms with Crippen LogP contribution in [0.25, 0.3) is 0 Å². The topological polar surface area (TPSA) is 81.7 Å². The third kappa shape index (κ3) is 6.61. The van der Waals surface area contributed by atoms with E-state index in [4.69, 9.17) is 8.92 Å². The molecule has 1 fully saturated rings. The smallest absolute Gasteiger partial charge is 0.407 e. The Bertz CT molecular complexity index is 698. The molecule has 0 saturated heterocycles. The molecule has 1 aromatic carbocycles. The third-order valence-corrected chi connectivity index (χ3v) is 5.63. The summed E-state index contributed by atoms with van der Waals surface area (Å²) in [6, 6.07) is 6.70. The first-order chi connectivity index (χ1) is 12.0. The lowest BCUT2D eigenvalue weighted by Crippen LogP contribution is -2.41. The molecule has 0 aliphatic heterocycles. The summed E-state index contributed by atoms with van der Waals surface area (Å²) in [6.07, 6.45) is 2.79. The van der Waals surface area contributed by atoms with Gasteiger partial charge in [-0.25, -0.2) is 4.79 Å². The van der Waals surface area contributed by atoms with Gasteiger partial charge >= 0.3 is 6.09 Å². The largest absolute Gasteiger partial charge is 0.444 e. The second-order valence-electron chi connectivity index (χ2n) is 7.92. The Morgan fingerprint density at radius 2 is 1.69 bits per heavy atom. The van der Waals surface area contributed by atoms with E-state index >= 15 is 0 Å². The van der Waals surface area contributed by atoms with E-state index in [1.54, 1.807) is 24.3 Å². The predicted molar refractivity (Wildman–Crippen MR) is 99.4 cm³/mol. The van der Waals surface area contributed by atoms with Gasteiger partial charge in [0.05, 0.1) is 11.5 Å². The third-order valence-electron chi connectivity index (χ3n) is 4.34. The molecule has 1 aliphatic carbocycles. The van der Waals surface area contributed by atoms with E-state index in [9.17, 15) is 13.2 Å². The summed E-state index contributed by atoms with van der Waals surface area (Å²) in [5.41, 5.74) is 0.485. The van der Waals surface area contributed by atoms with E-state index in [0.29, 0.717) is 0 Å². The second-order valence-corrected chi connectivity index (χ2v) is 9.53. The highest BCUT2D eigenvalue weighted by atomic mass is 32.2. The number of hydrogen-bond donors (Lipinski definition) is 1. The van der Waals surface area contributed by atoms with Crippen LogP contribution in [-0.4, -0.2) is 32.8 Å². The van der Waals surface area contributed by atoms with Crippen molar-refractivity contribution in [2.75, 3.05) is 6.61 Å². The summed E-state index contributed by atoms with van der Waals surface area (Å²) < 4.78 is 35.0. The standard InChI is InChI=1S/C19H29NO5S/c1-14-5-11-17(12-6-14)26(22,23)24-13-15-7-9-16(10-8-15)20-18(21)25-19(2,3)4/h5-6,11-12,15-16H,7-10,13H2,1-4H3,(H,20,21)/t15-,16+. The van der Waals surface area contributed by atoms with Crippen LogP contribution >= 0.6 is 0 Å². The molecule has 7 heteroatoms. The molecule has 0 atom stereocenters. The molecule has 26 heavy (non-hydrogen) atoms. The quantitative estimate of drug-likeness (QED) is 0.783. The van der Waals surface area contributed by atoms with Gasteiger partial charge < -0.3 is 10.1 Å². The molecule has 1 aromatic rings. The van der Waals surface area contributed by atoms with Gasteiger partial charge in [0, 0.05) is 6.04 Å². The first-order valence-electron chi connectivity index (χ1n) is 9.01. The van der Waals surface area contributed by atoms with E-state index in [2.05, 4.69) is 5.32 Å². The van der Waals surface area contributed by atoms with Crippen LogP contribution in [0.2, 0.25) is 0 Å². The maximum atomic E-state index is 12.2. The van der Waals surface area contributed by atoms with Crippen LogP contribution in [0, 0.1) is 12.8 Å². The van der Waals surface area contributed by atoms with Crippen LogP contribution in [0.4, 0.5) is 4.79 Å². The number of rotatable bonds is 5. The van der Waals surface area contributed by atoms with Crippen molar-refractivity contribution in [2.24, 2.45) is 5.92 Å². The summed E-state index contributed by atoms with van der Waals surface area (Å²) in [4.78, 5) is 12.0. The van der Waals surface area contributed by atoms with Gasteiger partial charge in [-0.2, -0.15) is 8.42 Å². The summed E-state index contributed by atoms with van der Waals surface area (Å²) in [7, 11) is -3.72. The molecule has 0 spiro atoms. The minimum absolute atomic E-state index is 0.0646. The first-order valence-corrected chi connectivity index (χ1v) is 10.4. The summed E-state index contributed by atoms with van der Waals surface area (Å²) in [5.74, 6) is 0.173. The van der Waals surface area contributed by atoms with Gasteiger partial charge in [0.1, 0.15) is 5.60 Å². The molecule has 0 aromatic heterocycles. The van der Waals surface area contributed by atoms with Crippen molar-refractivity contribution >= 4 is 16.2 Å². The Balaban J connectivity index is 1.76. The number of nitrogens with one attached hydrogen (secondary N) is 1. The van der Waals surface area contributed by atoms with Crippen molar-refractivity contribution in [3.8, 4) is 0 Å². The van der Waals surface area contributed by atoms with Gasteiger partial charge in [0.2, 0.25) is 0 Å².